The Kier molecular flexibility index (Phi) is 4.78. The lowest BCUT2D eigenvalue weighted by molar-refractivity contribution is -0.155. The molecule has 120 valence electrons. The van der Waals surface area contributed by atoms with E-state index in [2.05, 4.69) is 0 Å². The van der Waals surface area contributed by atoms with Gasteiger partial charge in [-0.2, -0.15) is 0 Å². The Hall–Kier alpha value is -1.98. The van der Waals surface area contributed by atoms with E-state index < -0.39 is 17.7 Å². The lowest BCUT2D eigenvalue weighted by atomic mass is 10.1. The molecule has 0 aromatic heterocycles. The first kappa shape index (κ1) is 16.4. The molecule has 1 heterocycles. The number of aryl methyl sites for hydroxylation is 1. The van der Waals surface area contributed by atoms with Crippen LogP contribution in [0.25, 0.3) is 0 Å². The van der Waals surface area contributed by atoms with Crippen LogP contribution in [0.5, 0.6) is 0 Å². The number of amides is 2. The molecule has 0 radical (unpaired) electrons. The third-order valence-corrected chi connectivity index (χ3v) is 3.98. The number of hydrogen-bond acceptors (Lipinski definition) is 2. The molecule has 22 heavy (non-hydrogen) atoms. The lowest BCUT2D eigenvalue weighted by Crippen LogP contribution is -2.58. The number of carbonyl (C=O) groups excluding carboxylic acids is 2. The maximum atomic E-state index is 14.1. The molecule has 6 heteroatoms. The molecule has 1 aliphatic rings. The zero-order valence-corrected chi connectivity index (χ0v) is 13.0. The number of carbonyl (C=O) groups is 2. The van der Waals surface area contributed by atoms with Crippen molar-refractivity contribution in [1.29, 1.82) is 0 Å². The number of nitrogens with zero attached hydrogens (tertiary/aromatic N) is 2. The Bertz CT molecular complexity index is 604. The predicted octanol–water partition coefficient (Wildman–Crippen LogP) is 2.24. The van der Waals surface area contributed by atoms with Gasteiger partial charge >= 0.3 is 0 Å². The first-order valence-electron chi connectivity index (χ1n) is 7.38. The summed E-state index contributed by atoms with van der Waals surface area (Å²) < 4.78 is 28.0. The molecule has 0 spiro atoms. The Balaban J connectivity index is 2.25. The standard InChI is InChI=1S/C16H20F2N2O2/c1-4-7-19-9-14(21)20(11(3)16(19)22)8-12-13(17)6-5-10(2)15(12)18/h5-6,11H,4,7-9H2,1-3H3/t11-/m0/s1. The van der Waals surface area contributed by atoms with Gasteiger partial charge in [-0.25, -0.2) is 8.78 Å². The van der Waals surface area contributed by atoms with Gasteiger partial charge in [0, 0.05) is 12.1 Å². The van der Waals surface area contributed by atoms with Gasteiger partial charge in [-0.05, 0) is 31.9 Å². The van der Waals surface area contributed by atoms with Gasteiger partial charge in [0.1, 0.15) is 17.7 Å². The van der Waals surface area contributed by atoms with Crippen molar-refractivity contribution in [2.75, 3.05) is 13.1 Å². The molecule has 1 aromatic carbocycles. The van der Waals surface area contributed by atoms with Crippen molar-refractivity contribution >= 4 is 11.8 Å². The van der Waals surface area contributed by atoms with E-state index in [0.29, 0.717) is 12.1 Å². The minimum absolute atomic E-state index is 0.0356. The van der Waals surface area contributed by atoms with Crippen LogP contribution in [-0.2, 0) is 16.1 Å². The summed E-state index contributed by atoms with van der Waals surface area (Å²) in [6, 6.07) is 1.81. The van der Waals surface area contributed by atoms with Gasteiger partial charge in [0.2, 0.25) is 11.8 Å². The van der Waals surface area contributed by atoms with Crippen molar-refractivity contribution in [3.8, 4) is 0 Å². The van der Waals surface area contributed by atoms with Crippen LogP contribution in [0, 0.1) is 18.6 Å². The van der Waals surface area contributed by atoms with Crippen molar-refractivity contribution in [1.82, 2.24) is 9.80 Å². The predicted molar refractivity (Wildman–Crippen MR) is 78.0 cm³/mol. The zero-order chi connectivity index (χ0) is 16.4. The fourth-order valence-corrected chi connectivity index (χ4v) is 2.66. The molecule has 0 bridgehead atoms. The van der Waals surface area contributed by atoms with Crippen LogP contribution in [0.4, 0.5) is 8.78 Å². The molecule has 1 aromatic rings. The highest BCUT2D eigenvalue weighted by Gasteiger charge is 2.36. The minimum Gasteiger partial charge on any atom is -0.332 e. The molecule has 0 aliphatic carbocycles. The third kappa shape index (κ3) is 2.96. The van der Waals surface area contributed by atoms with Gasteiger partial charge in [0.05, 0.1) is 13.1 Å². The van der Waals surface area contributed by atoms with Crippen molar-refractivity contribution in [3.05, 3.63) is 34.9 Å². The molecule has 0 saturated carbocycles. The molecule has 4 nitrogen and oxygen atoms in total. The van der Waals surface area contributed by atoms with Crippen LogP contribution in [0.15, 0.2) is 12.1 Å². The van der Waals surface area contributed by atoms with Gasteiger partial charge < -0.3 is 9.80 Å². The van der Waals surface area contributed by atoms with Crippen LogP contribution < -0.4 is 0 Å². The lowest BCUT2D eigenvalue weighted by Gasteiger charge is -2.38. The van der Waals surface area contributed by atoms with Crippen molar-refractivity contribution in [3.63, 3.8) is 0 Å². The number of piperazine rings is 1. The SMILES string of the molecule is CCCN1CC(=O)N(Cc2c(F)ccc(C)c2F)[C@@H](C)C1=O. The number of benzene rings is 1. The maximum Gasteiger partial charge on any atom is 0.245 e. The zero-order valence-electron chi connectivity index (χ0n) is 13.0. The van der Waals surface area contributed by atoms with Gasteiger partial charge in [-0.15, -0.1) is 0 Å². The van der Waals surface area contributed by atoms with Crippen LogP contribution in [0.2, 0.25) is 0 Å². The molecule has 0 unspecified atom stereocenters. The summed E-state index contributed by atoms with van der Waals surface area (Å²) in [4.78, 5) is 27.2. The molecule has 0 N–H and O–H groups in total. The van der Waals surface area contributed by atoms with E-state index in [4.69, 9.17) is 0 Å². The van der Waals surface area contributed by atoms with Gasteiger partial charge in [0.15, 0.2) is 0 Å². The second-order valence-electron chi connectivity index (χ2n) is 5.61. The summed E-state index contributed by atoms with van der Waals surface area (Å²) in [5.41, 5.74) is 0.143. The molecular formula is C16H20F2N2O2. The fourth-order valence-electron chi connectivity index (χ4n) is 2.66. The first-order valence-corrected chi connectivity index (χ1v) is 7.38. The normalized spacial score (nSPS) is 19.0. The summed E-state index contributed by atoms with van der Waals surface area (Å²) in [6.07, 6.45) is 0.757. The second-order valence-corrected chi connectivity index (χ2v) is 5.61. The largest absolute Gasteiger partial charge is 0.332 e. The van der Waals surface area contributed by atoms with Gasteiger partial charge in [-0.3, -0.25) is 9.59 Å². The van der Waals surface area contributed by atoms with Crippen LogP contribution in [0.3, 0.4) is 0 Å². The third-order valence-electron chi connectivity index (χ3n) is 3.98. The highest BCUT2D eigenvalue weighted by Crippen LogP contribution is 2.22. The quantitative estimate of drug-likeness (QED) is 0.856. The Morgan fingerprint density at radius 2 is 1.95 bits per heavy atom. The van der Waals surface area contributed by atoms with Crippen molar-refractivity contribution < 1.29 is 18.4 Å². The smallest absolute Gasteiger partial charge is 0.245 e. The average molecular weight is 310 g/mol. The van der Waals surface area contributed by atoms with Gasteiger partial charge in [-0.1, -0.05) is 13.0 Å². The van der Waals surface area contributed by atoms with E-state index in [1.54, 1.807) is 6.92 Å². The summed E-state index contributed by atoms with van der Waals surface area (Å²) in [6.45, 7) is 5.29. The van der Waals surface area contributed by atoms with E-state index >= 15 is 0 Å². The van der Waals surface area contributed by atoms with E-state index in [0.717, 1.165) is 6.42 Å². The Morgan fingerprint density at radius 1 is 1.27 bits per heavy atom. The van der Waals surface area contributed by atoms with E-state index in [9.17, 15) is 18.4 Å². The molecular weight excluding hydrogens is 290 g/mol. The summed E-state index contributed by atoms with van der Waals surface area (Å²) >= 11 is 0. The second kappa shape index (κ2) is 6.42. The Morgan fingerprint density at radius 3 is 2.59 bits per heavy atom. The van der Waals surface area contributed by atoms with Crippen molar-refractivity contribution in [2.45, 2.75) is 39.8 Å². The van der Waals surface area contributed by atoms with Crippen LogP contribution >= 0.6 is 0 Å². The monoisotopic (exact) mass is 310 g/mol. The highest BCUT2D eigenvalue weighted by atomic mass is 19.1. The minimum atomic E-state index is -0.716. The number of rotatable bonds is 4. The van der Waals surface area contributed by atoms with Gasteiger partial charge in [0.25, 0.3) is 0 Å². The number of hydrogen-bond donors (Lipinski definition) is 0. The first-order chi connectivity index (χ1) is 10.4. The van der Waals surface area contributed by atoms with Crippen LogP contribution in [0.1, 0.15) is 31.4 Å². The molecule has 1 fully saturated rings. The van der Waals surface area contributed by atoms with Crippen LogP contribution in [-0.4, -0.2) is 40.7 Å². The Labute approximate surface area is 128 Å². The average Bonchev–Trinajstić information content (AvgIpc) is 2.48. The molecule has 2 amide bonds. The molecule has 2 rings (SSSR count). The topological polar surface area (TPSA) is 40.6 Å². The maximum absolute atomic E-state index is 14.1. The molecule has 1 atom stereocenters. The summed E-state index contributed by atoms with van der Waals surface area (Å²) in [5, 5.41) is 0. The number of halogens is 2. The fraction of sp³-hybridized carbons (Fsp3) is 0.500. The summed E-state index contributed by atoms with van der Waals surface area (Å²) in [7, 11) is 0. The summed E-state index contributed by atoms with van der Waals surface area (Å²) in [5.74, 6) is -1.84. The van der Waals surface area contributed by atoms with E-state index in [1.807, 2.05) is 6.92 Å². The molecule has 1 saturated heterocycles. The molecule has 1 aliphatic heterocycles. The van der Waals surface area contributed by atoms with E-state index in [1.165, 1.54) is 28.9 Å². The van der Waals surface area contributed by atoms with Crippen molar-refractivity contribution in [2.24, 2.45) is 0 Å². The highest BCUT2D eigenvalue weighted by molar-refractivity contribution is 5.94. The van der Waals surface area contributed by atoms with E-state index in [-0.39, 0.29) is 30.5 Å².